The Bertz CT molecular complexity index is 886. The van der Waals surface area contributed by atoms with Crippen LogP contribution >= 0.6 is 0 Å². The fourth-order valence-corrected chi connectivity index (χ4v) is 3.02. The van der Waals surface area contributed by atoms with Crippen molar-refractivity contribution in [3.8, 4) is 0 Å². The third-order valence-electron chi connectivity index (χ3n) is 4.43. The molecule has 0 aliphatic heterocycles. The number of sulfonamides is 1. The number of primary sulfonamides is 1. The van der Waals surface area contributed by atoms with Crippen molar-refractivity contribution in [3.63, 3.8) is 0 Å². The summed E-state index contributed by atoms with van der Waals surface area (Å²) >= 11 is 0. The van der Waals surface area contributed by atoms with Crippen molar-refractivity contribution in [1.82, 2.24) is 4.90 Å². The Balaban J connectivity index is 2.07. The Labute approximate surface area is 155 Å². The second-order valence-corrected chi connectivity index (χ2v) is 7.73. The van der Waals surface area contributed by atoms with Crippen molar-refractivity contribution in [3.05, 3.63) is 71.3 Å². The van der Waals surface area contributed by atoms with Gasteiger partial charge in [-0.2, -0.15) is 0 Å². The molecule has 0 aromatic heterocycles. The number of rotatable bonds is 6. The molecule has 138 valence electrons. The standard InChI is InChI=1S/C20H24N2O3S/c1-4-16-5-7-17(8-6-16)9-14-20(23)22(3)15(2)18-10-12-19(13-11-18)26(21,24)25/h5-15H,4H2,1-3H3,(H2,21,24,25)/b14-9+. The van der Waals surface area contributed by atoms with Gasteiger partial charge in [-0.15, -0.1) is 0 Å². The van der Waals surface area contributed by atoms with Gasteiger partial charge < -0.3 is 4.90 Å². The van der Waals surface area contributed by atoms with Gasteiger partial charge in [0.2, 0.25) is 15.9 Å². The lowest BCUT2D eigenvalue weighted by atomic mass is 10.1. The average molecular weight is 372 g/mol. The van der Waals surface area contributed by atoms with Crippen LogP contribution in [0.2, 0.25) is 0 Å². The maximum atomic E-state index is 12.4. The topological polar surface area (TPSA) is 80.5 Å². The minimum Gasteiger partial charge on any atom is -0.335 e. The summed E-state index contributed by atoms with van der Waals surface area (Å²) < 4.78 is 22.6. The second kappa shape index (κ2) is 8.29. The number of hydrogen-bond acceptors (Lipinski definition) is 3. The number of nitrogens with two attached hydrogens (primary N) is 1. The summed E-state index contributed by atoms with van der Waals surface area (Å²) in [7, 11) is -2.00. The number of hydrogen-bond donors (Lipinski definition) is 1. The summed E-state index contributed by atoms with van der Waals surface area (Å²) in [5.41, 5.74) is 3.05. The molecule has 0 heterocycles. The molecule has 0 spiro atoms. The third kappa shape index (κ3) is 5.03. The predicted molar refractivity (Wildman–Crippen MR) is 104 cm³/mol. The van der Waals surface area contributed by atoms with Gasteiger partial charge in [-0.3, -0.25) is 4.79 Å². The van der Waals surface area contributed by atoms with Crippen molar-refractivity contribution in [2.24, 2.45) is 5.14 Å². The van der Waals surface area contributed by atoms with Crippen LogP contribution in [-0.2, 0) is 21.2 Å². The summed E-state index contributed by atoms with van der Waals surface area (Å²) in [6.07, 6.45) is 4.30. The van der Waals surface area contributed by atoms with Crippen molar-refractivity contribution in [2.45, 2.75) is 31.2 Å². The van der Waals surface area contributed by atoms with Gasteiger partial charge in [-0.05, 0) is 48.2 Å². The molecule has 2 rings (SSSR count). The van der Waals surface area contributed by atoms with Gasteiger partial charge in [0.25, 0.3) is 0 Å². The van der Waals surface area contributed by atoms with E-state index in [1.807, 2.05) is 31.2 Å². The highest BCUT2D eigenvalue weighted by molar-refractivity contribution is 7.89. The van der Waals surface area contributed by atoms with Gasteiger partial charge >= 0.3 is 0 Å². The van der Waals surface area contributed by atoms with Gasteiger partial charge in [-0.1, -0.05) is 43.3 Å². The molecule has 5 nitrogen and oxygen atoms in total. The van der Waals surface area contributed by atoms with E-state index in [2.05, 4.69) is 6.92 Å². The fourth-order valence-electron chi connectivity index (χ4n) is 2.50. The first kappa shape index (κ1) is 19.9. The van der Waals surface area contributed by atoms with Crippen LogP contribution in [0.3, 0.4) is 0 Å². The number of likely N-dealkylation sites (N-methyl/N-ethyl adjacent to an activating group) is 1. The summed E-state index contributed by atoms with van der Waals surface area (Å²) in [6.45, 7) is 3.98. The van der Waals surface area contributed by atoms with Crippen LogP contribution in [0.25, 0.3) is 6.08 Å². The molecule has 0 aliphatic carbocycles. The molecule has 2 aromatic rings. The molecule has 0 radical (unpaired) electrons. The second-order valence-electron chi connectivity index (χ2n) is 6.17. The Morgan fingerprint density at radius 2 is 1.69 bits per heavy atom. The number of aryl methyl sites for hydroxylation is 1. The SMILES string of the molecule is CCc1ccc(/C=C/C(=O)N(C)C(C)c2ccc(S(N)(=O)=O)cc2)cc1. The smallest absolute Gasteiger partial charge is 0.246 e. The molecule has 0 fully saturated rings. The van der Waals surface area contributed by atoms with E-state index in [0.29, 0.717) is 0 Å². The molecular formula is C20H24N2O3S. The lowest BCUT2D eigenvalue weighted by Crippen LogP contribution is -2.28. The monoisotopic (exact) mass is 372 g/mol. The van der Waals surface area contributed by atoms with Crippen LogP contribution in [0.4, 0.5) is 0 Å². The van der Waals surface area contributed by atoms with Crippen LogP contribution < -0.4 is 5.14 Å². The number of nitrogens with zero attached hydrogens (tertiary/aromatic N) is 1. The van der Waals surface area contributed by atoms with Gasteiger partial charge in [0.05, 0.1) is 10.9 Å². The highest BCUT2D eigenvalue weighted by Gasteiger charge is 2.16. The number of carbonyl (C=O) groups is 1. The van der Waals surface area contributed by atoms with E-state index in [9.17, 15) is 13.2 Å². The normalized spacial score (nSPS) is 12.9. The summed E-state index contributed by atoms with van der Waals surface area (Å²) in [5, 5.41) is 5.10. The summed E-state index contributed by atoms with van der Waals surface area (Å²) in [6, 6.07) is 14.1. The highest BCUT2D eigenvalue weighted by Crippen LogP contribution is 2.21. The molecule has 0 aliphatic rings. The summed E-state index contributed by atoms with van der Waals surface area (Å²) in [5.74, 6) is -0.132. The molecule has 0 saturated carbocycles. The number of benzene rings is 2. The van der Waals surface area contributed by atoms with Crippen LogP contribution in [0.1, 0.15) is 36.6 Å². The quantitative estimate of drug-likeness (QED) is 0.791. The highest BCUT2D eigenvalue weighted by atomic mass is 32.2. The van der Waals surface area contributed by atoms with E-state index in [-0.39, 0.29) is 16.8 Å². The van der Waals surface area contributed by atoms with E-state index in [0.717, 1.165) is 17.5 Å². The zero-order valence-corrected chi connectivity index (χ0v) is 16.0. The van der Waals surface area contributed by atoms with Crippen molar-refractivity contribution in [2.75, 3.05) is 7.05 Å². The molecule has 1 unspecified atom stereocenters. The summed E-state index contributed by atoms with van der Waals surface area (Å²) in [4.78, 5) is 14.1. The first-order valence-electron chi connectivity index (χ1n) is 8.39. The zero-order valence-electron chi connectivity index (χ0n) is 15.2. The van der Waals surface area contributed by atoms with Crippen molar-refractivity contribution >= 4 is 22.0 Å². The van der Waals surface area contributed by atoms with E-state index >= 15 is 0 Å². The van der Waals surface area contributed by atoms with Gasteiger partial charge in [-0.25, -0.2) is 13.6 Å². The van der Waals surface area contributed by atoms with E-state index in [1.165, 1.54) is 23.8 Å². The van der Waals surface area contributed by atoms with Gasteiger partial charge in [0.1, 0.15) is 0 Å². The van der Waals surface area contributed by atoms with Crippen LogP contribution in [0.15, 0.2) is 59.5 Å². The average Bonchev–Trinajstić information content (AvgIpc) is 2.64. The predicted octanol–water partition coefficient (Wildman–Crippen LogP) is 3.13. The Hall–Kier alpha value is -2.44. The first-order chi connectivity index (χ1) is 12.2. The Morgan fingerprint density at radius 1 is 1.12 bits per heavy atom. The first-order valence-corrected chi connectivity index (χ1v) is 9.93. The molecule has 2 aromatic carbocycles. The van der Waals surface area contributed by atoms with Crippen molar-refractivity contribution in [1.29, 1.82) is 0 Å². The fraction of sp³-hybridized carbons (Fsp3) is 0.250. The van der Waals surface area contributed by atoms with E-state index in [4.69, 9.17) is 5.14 Å². The molecule has 6 heteroatoms. The van der Waals surface area contributed by atoms with Crippen LogP contribution in [0, 0.1) is 0 Å². The number of amides is 1. The van der Waals surface area contributed by atoms with E-state index < -0.39 is 10.0 Å². The van der Waals surface area contributed by atoms with Crippen molar-refractivity contribution < 1.29 is 13.2 Å². The maximum absolute atomic E-state index is 12.4. The lowest BCUT2D eigenvalue weighted by Gasteiger charge is -2.24. The van der Waals surface area contributed by atoms with Crippen LogP contribution in [0.5, 0.6) is 0 Å². The molecule has 0 bridgehead atoms. The molecule has 1 atom stereocenters. The van der Waals surface area contributed by atoms with Gasteiger partial charge in [0, 0.05) is 13.1 Å². The molecule has 1 amide bonds. The number of carbonyl (C=O) groups excluding carboxylic acids is 1. The zero-order chi connectivity index (χ0) is 19.3. The molecule has 0 saturated heterocycles. The maximum Gasteiger partial charge on any atom is 0.246 e. The minimum absolute atomic E-state index is 0.0536. The molecular weight excluding hydrogens is 348 g/mol. The Kier molecular flexibility index (Phi) is 6.34. The van der Waals surface area contributed by atoms with Crippen LogP contribution in [-0.4, -0.2) is 26.3 Å². The third-order valence-corrected chi connectivity index (χ3v) is 5.36. The molecule has 26 heavy (non-hydrogen) atoms. The Morgan fingerprint density at radius 3 is 2.19 bits per heavy atom. The van der Waals surface area contributed by atoms with Gasteiger partial charge in [0.15, 0.2) is 0 Å². The van der Waals surface area contributed by atoms with E-state index in [1.54, 1.807) is 30.2 Å². The minimum atomic E-state index is -3.72. The lowest BCUT2D eigenvalue weighted by molar-refractivity contribution is -0.126. The largest absolute Gasteiger partial charge is 0.335 e. The molecule has 2 N–H and O–H groups in total.